The van der Waals surface area contributed by atoms with Gasteiger partial charge in [-0.3, -0.25) is 14.4 Å². The number of carbonyl (C=O) groups excluding carboxylic acids is 3. The van der Waals surface area contributed by atoms with E-state index in [1.807, 2.05) is 0 Å². The van der Waals surface area contributed by atoms with E-state index in [4.69, 9.17) is 23.7 Å². The van der Waals surface area contributed by atoms with Crippen LogP contribution in [0.25, 0.3) is 0 Å². The van der Waals surface area contributed by atoms with Gasteiger partial charge in [0.25, 0.3) is 0 Å². The monoisotopic (exact) mass is 1080 g/mol. The Labute approximate surface area is 468 Å². The fourth-order valence-electron chi connectivity index (χ4n) is 9.04. The molecule has 12 heteroatoms. The summed E-state index contributed by atoms with van der Waals surface area (Å²) >= 11 is 0. The van der Waals surface area contributed by atoms with Crippen molar-refractivity contribution in [2.24, 2.45) is 0 Å². The summed E-state index contributed by atoms with van der Waals surface area (Å²) in [6.45, 7) is 5.84. The normalized spacial score (nSPS) is 18.5. The highest BCUT2D eigenvalue weighted by Gasteiger charge is 2.50. The van der Waals surface area contributed by atoms with Crippen LogP contribution in [-0.4, -0.2) is 89.2 Å². The molecular formula is C65H110O12. The quantitative estimate of drug-likeness (QED) is 0.0228. The molecule has 1 aliphatic heterocycles. The first-order chi connectivity index (χ1) is 37.6. The molecule has 0 aromatic rings. The number of rotatable bonds is 52. The van der Waals surface area contributed by atoms with Crippen LogP contribution in [0.5, 0.6) is 0 Å². The third-order valence-electron chi connectivity index (χ3n) is 13.8. The van der Waals surface area contributed by atoms with E-state index < -0.39 is 67.3 Å². The van der Waals surface area contributed by atoms with Gasteiger partial charge in [0.15, 0.2) is 24.6 Å². The molecule has 0 spiro atoms. The van der Waals surface area contributed by atoms with Crippen molar-refractivity contribution in [2.45, 2.75) is 302 Å². The molecule has 1 heterocycles. The Bertz CT molecular complexity index is 1620. The predicted molar refractivity (Wildman–Crippen MR) is 312 cm³/mol. The molecule has 0 aromatic heterocycles. The van der Waals surface area contributed by atoms with Gasteiger partial charge in [-0.2, -0.15) is 0 Å². The average Bonchev–Trinajstić information content (AvgIpc) is 3.42. The van der Waals surface area contributed by atoms with Crippen molar-refractivity contribution in [3.05, 3.63) is 72.9 Å². The molecule has 1 saturated heterocycles. The number of carboxylic acid groups (broad SMARTS) is 1. The smallest absolute Gasteiger partial charge is 0.335 e. The maximum absolute atomic E-state index is 13.2. The Kier molecular flexibility index (Phi) is 48.8. The molecule has 0 saturated carbocycles. The van der Waals surface area contributed by atoms with Crippen LogP contribution in [0.1, 0.15) is 265 Å². The van der Waals surface area contributed by atoms with E-state index in [0.29, 0.717) is 19.3 Å². The lowest BCUT2D eigenvalue weighted by molar-refractivity contribution is -0.301. The van der Waals surface area contributed by atoms with E-state index in [9.17, 15) is 34.5 Å². The fraction of sp³-hybridized carbons (Fsp3) is 0.754. The zero-order chi connectivity index (χ0) is 56.1. The molecule has 6 unspecified atom stereocenters. The number of aliphatic hydroxyl groups is 2. The fourth-order valence-corrected chi connectivity index (χ4v) is 9.04. The van der Waals surface area contributed by atoms with Crippen LogP contribution in [0.3, 0.4) is 0 Å². The Morgan fingerprint density at radius 3 is 1.27 bits per heavy atom. The number of aliphatic carboxylic acids is 1. The van der Waals surface area contributed by atoms with E-state index in [0.717, 1.165) is 135 Å². The van der Waals surface area contributed by atoms with Crippen LogP contribution in [0.4, 0.5) is 0 Å². The van der Waals surface area contributed by atoms with Crippen molar-refractivity contribution >= 4 is 23.9 Å². The number of aliphatic hydroxyl groups excluding tert-OH is 2. The largest absolute Gasteiger partial charge is 0.479 e. The van der Waals surface area contributed by atoms with Crippen LogP contribution < -0.4 is 0 Å². The summed E-state index contributed by atoms with van der Waals surface area (Å²) in [7, 11) is 0. The summed E-state index contributed by atoms with van der Waals surface area (Å²) in [5.74, 6) is -3.14. The highest BCUT2D eigenvalue weighted by atomic mass is 16.7. The minimum Gasteiger partial charge on any atom is -0.479 e. The average molecular weight is 1080 g/mol. The Balaban J connectivity index is 2.69. The molecule has 12 nitrogen and oxygen atoms in total. The summed E-state index contributed by atoms with van der Waals surface area (Å²) in [4.78, 5) is 51.2. The number of ether oxygens (including phenoxy) is 5. The van der Waals surface area contributed by atoms with E-state index >= 15 is 0 Å². The summed E-state index contributed by atoms with van der Waals surface area (Å²) in [6, 6.07) is 0. The third kappa shape index (κ3) is 42.7. The van der Waals surface area contributed by atoms with Gasteiger partial charge in [-0.25, -0.2) is 4.79 Å². The number of esters is 3. The number of hydrogen-bond donors (Lipinski definition) is 3. The SMILES string of the molecule is CC/C=C\C/C=C\C/C=C\C/C=C\CCCCCCCCC(=O)OCC(COC1OC(C(=O)O)C(O)C(O)C1OC(=O)CCCCCCCCCCCCCCC)OC(=O)CCCCCCC/C=C\C/C=C\CCCCC. The lowest BCUT2D eigenvalue weighted by Crippen LogP contribution is -2.61. The van der Waals surface area contributed by atoms with Crippen molar-refractivity contribution in [3.63, 3.8) is 0 Å². The molecule has 1 fully saturated rings. The van der Waals surface area contributed by atoms with Crippen molar-refractivity contribution in [3.8, 4) is 0 Å². The van der Waals surface area contributed by atoms with E-state index in [2.05, 4.69) is 93.7 Å². The Morgan fingerprint density at radius 2 is 0.818 bits per heavy atom. The molecule has 77 heavy (non-hydrogen) atoms. The predicted octanol–water partition coefficient (Wildman–Crippen LogP) is 16.1. The van der Waals surface area contributed by atoms with Gasteiger partial charge in [0.2, 0.25) is 0 Å². The molecule has 1 rings (SSSR count). The molecule has 0 aromatic carbocycles. The van der Waals surface area contributed by atoms with Crippen molar-refractivity contribution in [2.75, 3.05) is 13.2 Å². The summed E-state index contributed by atoms with van der Waals surface area (Å²) in [5, 5.41) is 31.5. The number of allylic oxidation sites excluding steroid dienone is 12. The second kappa shape index (κ2) is 52.8. The molecule has 3 N–H and O–H groups in total. The Morgan fingerprint density at radius 1 is 0.442 bits per heavy atom. The highest BCUT2D eigenvalue weighted by Crippen LogP contribution is 2.26. The van der Waals surface area contributed by atoms with Crippen LogP contribution in [0.2, 0.25) is 0 Å². The zero-order valence-corrected chi connectivity index (χ0v) is 48.7. The van der Waals surface area contributed by atoms with E-state index in [1.165, 1.54) is 70.6 Å². The van der Waals surface area contributed by atoms with Gasteiger partial charge >= 0.3 is 23.9 Å². The molecular weight excluding hydrogens is 973 g/mol. The van der Waals surface area contributed by atoms with Gasteiger partial charge < -0.3 is 39.0 Å². The first kappa shape index (κ1) is 71.2. The van der Waals surface area contributed by atoms with Gasteiger partial charge in [-0.15, -0.1) is 0 Å². The Hall–Kier alpha value is -3.84. The molecule has 0 aliphatic carbocycles. The minimum atomic E-state index is -1.91. The first-order valence-corrected chi connectivity index (χ1v) is 30.9. The molecule has 0 bridgehead atoms. The van der Waals surface area contributed by atoms with Crippen LogP contribution in [0, 0.1) is 0 Å². The molecule has 0 radical (unpaired) electrons. The summed E-state index contributed by atoms with van der Waals surface area (Å²) in [5.41, 5.74) is 0. The number of hydrogen-bond acceptors (Lipinski definition) is 11. The lowest BCUT2D eigenvalue weighted by atomic mass is 9.98. The maximum atomic E-state index is 13.2. The van der Waals surface area contributed by atoms with Gasteiger partial charge in [-0.05, 0) is 89.9 Å². The van der Waals surface area contributed by atoms with Crippen LogP contribution >= 0.6 is 0 Å². The highest BCUT2D eigenvalue weighted by molar-refractivity contribution is 5.74. The zero-order valence-electron chi connectivity index (χ0n) is 48.7. The van der Waals surface area contributed by atoms with Gasteiger partial charge in [-0.1, -0.05) is 229 Å². The molecule has 6 atom stereocenters. The second-order valence-electron chi connectivity index (χ2n) is 21.0. The van der Waals surface area contributed by atoms with Gasteiger partial charge in [0, 0.05) is 19.3 Å². The number of carboxylic acids is 1. The topological polar surface area (TPSA) is 175 Å². The first-order valence-electron chi connectivity index (χ1n) is 30.9. The summed E-state index contributed by atoms with van der Waals surface area (Å²) < 4.78 is 28.5. The standard InChI is InChI=1S/C65H110O12/c1-4-7-10-13-16-19-22-25-27-28-29-30-32-34-36-39-42-45-48-51-57(66)73-54-56(75-58(67)52-49-46-43-40-38-35-31-26-23-20-17-14-11-8-5-2)55-74-65-63(61(70)60(69)62(77-65)64(71)72)76-59(68)53-50-47-44-41-37-33-24-21-18-15-12-9-6-3/h7,10,16-17,19-20,25-27,29-31,56,60-63,65,69-70H,4-6,8-9,11-15,18,21-24,28,32-55H2,1-3H3,(H,71,72)/b10-7-,19-16-,20-17-,27-25-,30-29-,31-26-. The lowest BCUT2D eigenvalue weighted by Gasteiger charge is -2.40. The minimum absolute atomic E-state index is 0.0587. The van der Waals surface area contributed by atoms with Crippen molar-refractivity contribution < 1.29 is 58.2 Å². The van der Waals surface area contributed by atoms with E-state index in [-0.39, 0.29) is 25.9 Å². The second-order valence-corrected chi connectivity index (χ2v) is 21.0. The molecule has 0 amide bonds. The van der Waals surface area contributed by atoms with Gasteiger partial charge in [0.05, 0.1) is 6.61 Å². The molecule has 1 aliphatic rings. The van der Waals surface area contributed by atoms with Crippen LogP contribution in [0.15, 0.2) is 72.9 Å². The summed E-state index contributed by atoms with van der Waals surface area (Å²) in [6.07, 6.45) is 54.3. The van der Waals surface area contributed by atoms with Crippen LogP contribution in [-0.2, 0) is 42.9 Å². The number of unbranched alkanes of at least 4 members (excludes halogenated alkanes) is 26. The molecule has 442 valence electrons. The van der Waals surface area contributed by atoms with Crippen molar-refractivity contribution in [1.82, 2.24) is 0 Å². The van der Waals surface area contributed by atoms with Crippen molar-refractivity contribution in [1.29, 1.82) is 0 Å². The maximum Gasteiger partial charge on any atom is 0.335 e. The van der Waals surface area contributed by atoms with Gasteiger partial charge in [0.1, 0.15) is 18.8 Å². The van der Waals surface area contributed by atoms with E-state index in [1.54, 1.807) is 0 Å². The number of carbonyl (C=O) groups is 4. The third-order valence-corrected chi connectivity index (χ3v) is 13.8.